The van der Waals surface area contributed by atoms with E-state index in [4.69, 9.17) is 4.74 Å². The minimum absolute atomic E-state index is 0.0642. The number of sulfonamides is 1. The fourth-order valence-corrected chi connectivity index (χ4v) is 5.68. The molecule has 0 bridgehead atoms. The highest BCUT2D eigenvalue weighted by Crippen LogP contribution is 2.48. The SMILES string of the molecule is CC(C)Cc1ccc(S(=O)(=O)Nc2ccc(C3(C(=O)NCCCN4CCOCC4)CC3)cc2)cc1. The number of nitrogens with one attached hydrogen (secondary N) is 2. The van der Waals surface area contributed by atoms with Gasteiger partial charge in [0.2, 0.25) is 5.91 Å². The molecular formula is C27H37N3O4S. The summed E-state index contributed by atoms with van der Waals surface area (Å²) in [7, 11) is -3.67. The second-order valence-electron chi connectivity index (χ2n) is 10.1. The van der Waals surface area contributed by atoms with Crippen molar-refractivity contribution >= 4 is 21.6 Å². The minimum Gasteiger partial charge on any atom is -0.379 e. The van der Waals surface area contributed by atoms with E-state index in [1.165, 1.54) is 0 Å². The van der Waals surface area contributed by atoms with Crippen molar-refractivity contribution in [3.63, 3.8) is 0 Å². The molecule has 0 spiro atoms. The quantitative estimate of drug-likeness (QED) is 0.462. The smallest absolute Gasteiger partial charge is 0.261 e. The van der Waals surface area contributed by atoms with E-state index in [1.54, 1.807) is 24.3 Å². The number of rotatable bonds is 11. The zero-order valence-electron chi connectivity index (χ0n) is 20.8. The van der Waals surface area contributed by atoms with Crippen LogP contribution in [0.4, 0.5) is 5.69 Å². The number of morpholine rings is 1. The van der Waals surface area contributed by atoms with Crippen LogP contribution in [0, 0.1) is 5.92 Å². The average molecular weight is 500 g/mol. The first kappa shape index (κ1) is 25.7. The molecule has 1 aliphatic heterocycles. The van der Waals surface area contributed by atoms with Gasteiger partial charge in [0.1, 0.15) is 0 Å². The van der Waals surface area contributed by atoms with Gasteiger partial charge < -0.3 is 10.1 Å². The van der Waals surface area contributed by atoms with Crippen molar-refractivity contribution in [1.29, 1.82) is 0 Å². The molecule has 1 aliphatic carbocycles. The van der Waals surface area contributed by atoms with Crippen LogP contribution in [-0.2, 0) is 31.4 Å². The summed E-state index contributed by atoms with van der Waals surface area (Å²) in [6.07, 6.45) is 3.46. The zero-order valence-corrected chi connectivity index (χ0v) is 21.6. The normalized spacial score (nSPS) is 17.8. The Morgan fingerprint density at radius 2 is 1.69 bits per heavy atom. The number of ether oxygens (including phenoxy) is 1. The van der Waals surface area contributed by atoms with E-state index in [1.807, 2.05) is 24.3 Å². The van der Waals surface area contributed by atoms with E-state index in [0.29, 0.717) is 18.2 Å². The van der Waals surface area contributed by atoms with Crippen molar-refractivity contribution in [3.05, 3.63) is 59.7 Å². The Labute approximate surface area is 209 Å². The summed E-state index contributed by atoms with van der Waals surface area (Å²) in [5, 5.41) is 3.11. The summed E-state index contributed by atoms with van der Waals surface area (Å²) in [5.74, 6) is 0.579. The maximum Gasteiger partial charge on any atom is 0.261 e. The maximum absolute atomic E-state index is 12.9. The van der Waals surface area contributed by atoms with Crippen LogP contribution in [0.3, 0.4) is 0 Å². The predicted octanol–water partition coefficient (Wildman–Crippen LogP) is 3.56. The van der Waals surface area contributed by atoms with E-state index in [0.717, 1.165) is 69.7 Å². The van der Waals surface area contributed by atoms with Gasteiger partial charge >= 0.3 is 0 Å². The first-order chi connectivity index (χ1) is 16.8. The van der Waals surface area contributed by atoms with E-state index < -0.39 is 15.4 Å². The summed E-state index contributed by atoms with van der Waals surface area (Å²) in [6.45, 7) is 9.38. The molecule has 0 radical (unpaired) electrons. The first-order valence-electron chi connectivity index (χ1n) is 12.6. The van der Waals surface area contributed by atoms with Gasteiger partial charge in [0.25, 0.3) is 10.0 Å². The molecule has 2 aromatic carbocycles. The standard InChI is InChI=1S/C27H37N3O4S/c1-21(2)20-22-4-10-25(11-5-22)35(32,33)29-24-8-6-23(7-9-24)27(12-13-27)26(31)28-14-3-15-30-16-18-34-19-17-30/h4-11,21,29H,3,12-20H2,1-2H3,(H,28,31). The molecule has 1 saturated heterocycles. The van der Waals surface area contributed by atoms with E-state index in [9.17, 15) is 13.2 Å². The van der Waals surface area contributed by atoms with Gasteiger partial charge in [-0.1, -0.05) is 38.1 Å². The molecule has 2 N–H and O–H groups in total. The molecule has 2 aliphatic rings. The topological polar surface area (TPSA) is 87.7 Å². The van der Waals surface area contributed by atoms with Crippen molar-refractivity contribution < 1.29 is 17.9 Å². The Morgan fingerprint density at radius 3 is 2.29 bits per heavy atom. The molecule has 1 saturated carbocycles. The number of carbonyl (C=O) groups excluding carboxylic acids is 1. The number of nitrogens with zero attached hydrogens (tertiary/aromatic N) is 1. The van der Waals surface area contributed by atoms with Crippen molar-refractivity contribution in [1.82, 2.24) is 10.2 Å². The largest absolute Gasteiger partial charge is 0.379 e. The number of amides is 1. The second-order valence-corrected chi connectivity index (χ2v) is 11.8. The lowest BCUT2D eigenvalue weighted by Crippen LogP contribution is -2.39. The van der Waals surface area contributed by atoms with Gasteiger partial charge in [0.15, 0.2) is 0 Å². The molecule has 2 fully saturated rings. The Bertz CT molecular complexity index is 1090. The third-order valence-electron chi connectivity index (χ3n) is 6.79. The molecule has 8 heteroatoms. The summed E-state index contributed by atoms with van der Waals surface area (Å²) >= 11 is 0. The molecule has 35 heavy (non-hydrogen) atoms. The lowest BCUT2D eigenvalue weighted by Gasteiger charge is -2.26. The lowest BCUT2D eigenvalue weighted by atomic mass is 9.95. The molecule has 0 atom stereocenters. The van der Waals surface area contributed by atoms with E-state index in [-0.39, 0.29) is 10.8 Å². The molecular weight excluding hydrogens is 462 g/mol. The van der Waals surface area contributed by atoms with Gasteiger partial charge in [-0.15, -0.1) is 0 Å². The molecule has 0 unspecified atom stereocenters. The van der Waals surface area contributed by atoms with Gasteiger partial charge in [-0.05, 0) is 73.5 Å². The monoisotopic (exact) mass is 499 g/mol. The van der Waals surface area contributed by atoms with Crippen molar-refractivity contribution in [2.24, 2.45) is 5.92 Å². The van der Waals surface area contributed by atoms with Gasteiger partial charge in [0.05, 0.1) is 23.5 Å². The average Bonchev–Trinajstić information content (AvgIpc) is 3.65. The molecule has 7 nitrogen and oxygen atoms in total. The summed E-state index contributed by atoms with van der Waals surface area (Å²) < 4.78 is 33.7. The zero-order chi connectivity index (χ0) is 24.9. The van der Waals surface area contributed by atoms with Gasteiger partial charge in [0, 0.05) is 25.3 Å². The Kier molecular flexibility index (Phi) is 8.14. The minimum atomic E-state index is -3.67. The maximum atomic E-state index is 12.9. The van der Waals surface area contributed by atoms with Crippen molar-refractivity contribution in [3.8, 4) is 0 Å². The number of hydrogen-bond donors (Lipinski definition) is 2. The third-order valence-corrected chi connectivity index (χ3v) is 8.19. The first-order valence-corrected chi connectivity index (χ1v) is 14.1. The Balaban J connectivity index is 1.31. The summed E-state index contributed by atoms with van der Waals surface area (Å²) in [5.41, 5.74) is 2.06. The van der Waals surface area contributed by atoms with Crippen molar-refractivity contribution in [2.45, 2.75) is 49.8 Å². The van der Waals surface area contributed by atoms with Gasteiger partial charge in [-0.3, -0.25) is 14.4 Å². The molecule has 190 valence electrons. The highest BCUT2D eigenvalue weighted by molar-refractivity contribution is 7.92. The molecule has 2 aromatic rings. The van der Waals surface area contributed by atoms with Gasteiger partial charge in [-0.25, -0.2) is 8.42 Å². The molecule has 1 heterocycles. The molecule has 1 amide bonds. The number of anilines is 1. The predicted molar refractivity (Wildman–Crippen MR) is 138 cm³/mol. The summed E-state index contributed by atoms with van der Waals surface area (Å²) in [6, 6.07) is 14.3. The lowest BCUT2D eigenvalue weighted by molar-refractivity contribution is -0.123. The van der Waals surface area contributed by atoms with Crippen LogP contribution in [0.2, 0.25) is 0 Å². The highest BCUT2D eigenvalue weighted by Gasteiger charge is 2.51. The van der Waals surface area contributed by atoms with Crippen LogP contribution in [0.5, 0.6) is 0 Å². The molecule has 0 aromatic heterocycles. The number of carbonyl (C=O) groups is 1. The van der Waals surface area contributed by atoms with Crippen LogP contribution >= 0.6 is 0 Å². The highest BCUT2D eigenvalue weighted by atomic mass is 32.2. The number of benzene rings is 2. The number of hydrogen-bond acceptors (Lipinski definition) is 5. The van der Waals surface area contributed by atoms with E-state index in [2.05, 4.69) is 28.8 Å². The van der Waals surface area contributed by atoms with Gasteiger partial charge in [-0.2, -0.15) is 0 Å². The van der Waals surface area contributed by atoms with Crippen LogP contribution in [0.1, 0.15) is 44.2 Å². The van der Waals surface area contributed by atoms with E-state index >= 15 is 0 Å². The molecule has 4 rings (SSSR count). The van der Waals surface area contributed by atoms with Crippen LogP contribution in [0.25, 0.3) is 0 Å². The fraction of sp³-hybridized carbons (Fsp3) is 0.519. The van der Waals surface area contributed by atoms with Crippen molar-refractivity contribution in [2.75, 3.05) is 44.1 Å². The Hall–Kier alpha value is -2.42. The summed E-state index contributed by atoms with van der Waals surface area (Å²) in [4.78, 5) is 15.5. The van der Waals surface area contributed by atoms with Crippen LogP contribution < -0.4 is 10.0 Å². The Morgan fingerprint density at radius 1 is 1.03 bits per heavy atom. The second kappa shape index (κ2) is 11.1. The van der Waals surface area contributed by atoms with Crippen LogP contribution in [0.15, 0.2) is 53.4 Å². The van der Waals surface area contributed by atoms with Crippen LogP contribution in [-0.4, -0.2) is 58.6 Å². The fourth-order valence-electron chi connectivity index (χ4n) is 4.62. The third kappa shape index (κ3) is 6.63.